The summed E-state index contributed by atoms with van der Waals surface area (Å²) in [4.78, 5) is 21.6. The second-order valence-corrected chi connectivity index (χ2v) is 4.12. The first-order valence-corrected chi connectivity index (χ1v) is 5.43. The van der Waals surface area contributed by atoms with E-state index in [0.717, 1.165) is 0 Å². The third-order valence-electron chi connectivity index (χ3n) is 1.93. The van der Waals surface area contributed by atoms with E-state index < -0.39 is 5.97 Å². The number of ether oxygens (including phenoxy) is 2. The molecule has 0 aliphatic rings. The van der Waals surface area contributed by atoms with E-state index in [-0.39, 0.29) is 5.75 Å². The van der Waals surface area contributed by atoms with Crippen LogP contribution >= 0.6 is 0 Å². The van der Waals surface area contributed by atoms with Crippen molar-refractivity contribution >= 4 is 12.3 Å². The lowest BCUT2D eigenvalue weighted by Gasteiger charge is -2.12. The zero-order valence-corrected chi connectivity index (χ0v) is 10.2. The van der Waals surface area contributed by atoms with Crippen LogP contribution in [0.5, 0.6) is 11.5 Å². The highest BCUT2D eigenvalue weighted by Gasteiger charge is 2.09. The maximum absolute atomic E-state index is 10.9. The summed E-state index contributed by atoms with van der Waals surface area (Å²) in [5, 5.41) is 0. The summed E-state index contributed by atoms with van der Waals surface area (Å²) in [5.74, 6) is 0.677. The maximum Gasteiger partial charge on any atom is 0.308 e. The highest BCUT2D eigenvalue weighted by Crippen LogP contribution is 2.28. The molecule has 0 aromatic heterocycles. The third-order valence-corrected chi connectivity index (χ3v) is 1.93. The van der Waals surface area contributed by atoms with Crippen molar-refractivity contribution in [2.45, 2.75) is 20.8 Å². The molecule has 0 fully saturated rings. The minimum Gasteiger partial charge on any atom is -0.489 e. The van der Waals surface area contributed by atoms with E-state index >= 15 is 0 Å². The molecule has 0 aliphatic heterocycles. The molecule has 0 atom stereocenters. The Morgan fingerprint density at radius 2 is 2.06 bits per heavy atom. The van der Waals surface area contributed by atoms with Gasteiger partial charge in [0.2, 0.25) is 0 Å². The van der Waals surface area contributed by atoms with Gasteiger partial charge in [0.1, 0.15) is 6.29 Å². The molecule has 92 valence electrons. The van der Waals surface area contributed by atoms with Crippen molar-refractivity contribution < 1.29 is 19.1 Å². The summed E-state index contributed by atoms with van der Waals surface area (Å²) in [7, 11) is 0. The minimum atomic E-state index is -0.442. The molecule has 0 spiro atoms. The molecule has 0 saturated heterocycles. The summed E-state index contributed by atoms with van der Waals surface area (Å²) in [6.07, 6.45) is 0.694. The van der Waals surface area contributed by atoms with Crippen LogP contribution in [0.4, 0.5) is 0 Å². The van der Waals surface area contributed by atoms with Gasteiger partial charge >= 0.3 is 5.97 Å². The molecular weight excluding hydrogens is 220 g/mol. The normalized spacial score (nSPS) is 10.1. The fourth-order valence-corrected chi connectivity index (χ4v) is 1.21. The number of esters is 1. The topological polar surface area (TPSA) is 52.6 Å². The van der Waals surface area contributed by atoms with Crippen LogP contribution < -0.4 is 9.47 Å². The van der Waals surface area contributed by atoms with Crippen LogP contribution in [-0.2, 0) is 4.79 Å². The number of carbonyl (C=O) groups is 2. The van der Waals surface area contributed by atoms with Gasteiger partial charge in [0.25, 0.3) is 0 Å². The summed E-state index contributed by atoms with van der Waals surface area (Å²) in [5.41, 5.74) is 0.443. The smallest absolute Gasteiger partial charge is 0.308 e. The molecule has 0 saturated carbocycles. The van der Waals surface area contributed by atoms with Gasteiger partial charge in [-0.1, -0.05) is 13.8 Å². The second kappa shape index (κ2) is 6.03. The Bertz CT molecular complexity index is 410. The molecule has 0 aliphatic carbocycles. The van der Waals surface area contributed by atoms with Crippen molar-refractivity contribution in [3.63, 3.8) is 0 Å². The first-order valence-electron chi connectivity index (χ1n) is 5.43. The van der Waals surface area contributed by atoms with Crippen LogP contribution in [0, 0.1) is 5.92 Å². The first kappa shape index (κ1) is 13.2. The van der Waals surface area contributed by atoms with E-state index in [0.29, 0.717) is 30.1 Å². The fourth-order valence-electron chi connectivity index (χ4n) is 1.21. The van der Waals surface area contributed by atoms with Gasteiger partial charge in [-0.2, -0.15) is 0 Å². The van der Waals surface area contributed by atoms with Crippen LogP contribution in [0.15, 0.2) is 18.2 Å². The van der Waals surface area contributed by atoms with Crippen molar-refractivity contribution in [1.82, 2.24) is 0 Å². The summed E-state index contributed by atoms with van der Waals surface area (Å²) in [6.45, 7) is 5.87. The lowest BCUT2D eigenvalue weighted by molar-refractivity contribution is -0.132. The van der Waals surface area contributed by atoms with Gasteiger partial charge in [0.15, 0.2) is 11.5 Å². The van der Waals surface area contributed by atoms with Crippen molar-refractivity contribution in [1.29, 1.82) is 0 Å². The number of carbonyl (C=O) groups excluding carboxylic acids is 2. The molecule has 4 nitrogen and oxygen atoms in total. The molecule has 0 unspecified atom stereocenters. The lowest BCUT2D eigenvalue weighted by atomic mass is 10.2. The summed E-state index contributed by atoms with van der Waals surface area (Å²) in [6, 6.07) is 4.74. The number of hydrogen-bond donors (Lipinski definition) is 0. The first-order chi connectivity index (χ1) is 8.02. The molecule has 17 heavy (non-hydrogen) atoms. The van der Waals surface area contributed by atoms with Crippen molar-refractivity contribution in [3.05, 3.63) is 23.8 Å². The monoisotopic (exact) mass is 236 g/mol. The molecule has 1 aromatic rings. The average Bonchev–Trinajstić information content (AvgIpc) is 2.26. The largest absolute Gasteiger partial charge is 0.489 e. The van der Waals surface area contributed by atoms with Crippen LogP contribution in [0.2, 0.25) is 0 Å². The van der Waals surface area contributed by atoms with E-state index in [2.05, 4.69) is 0 Å². The quantitative estimate of drug-likeness (QED) is 0.447. The van der Waals surface area contributed by atoms with E-state index in [4.69, 9.17) is 9.47 Å². The summed E-state index contributed by atoms with van der Waals surface area (Å²) < 4.78 is 10.5. The number of hydrogen-bond acceptors (Lipinski definition) is 4. The van der Waals surface area contributed by atoms with Gasteiger partial charge in [0.05, 0.1) is 6.61 Å². The number of benzene rings is 1. The van der Waals surface area contributed by atoms with Gasteiger partial charge < -0.3 is 9.47 Å². The molecule has 0 bridgehead atoms. The molecule has 0 N–H and O–H groups in total. The highest BCUT2D eigenvalue weighted by atomic mass is 16.6. The van der Waals surface area contributed by atoms with Crippen LogP contribution in [0.3, 0.4) is 0 Å². The molecule has 4 heteroatoms. The maximum atomic E-state index is 10.9. The predicted octanol–water partition coefficient (Wildman–Crippen LogP) is 2.46. The van der Waals surface area contributed by atoms with Gasteiger partial charge in [-0.25, -0.2) is 0 Å². The van der Waals surface area contributed by atoms with E-state index in [1.54, 1.807) is 12.1 Å². The van der Waals surface area contributed by atoms with Crippen molar-refractivity contribution in [3.8, 4) is 11.5 Å². The van der Waals surface area contributed by atoms with Gasteiger partial charge in [0, 0.05) is 12.5 Å². The Balaban J connectivity index is 2.93. The molecule has 0 amide bonds. The SMILES string of the molecule is CC(=O)Oc1cc(C=O)ccc1OCC(C)C. The lowest BCUT2D eigenvalue weighted by Crippen LogP contribution is -2.08. The molecule has 1 rings (SSSR count). The molecule has 0 heterocycles. The minimum absolute atomic E-state index is 0.280. The fraction of sp³-hybridized carbons (Fsp3) is 0.385. The zero-order chi connectivity index (χ0) is 12.8. The number of aldehydes is 1. The van der Waals surface area contributed by atoms with E-state index in [9.17, 15) is 9.59 Å². The van der Waals surface area contributed by atoms with Crippen molar-refractivity contribution in [2.75, 3.05) is 6.61 Å². The van der Waals surface area contributed by atoms with Crippen LogP contribution in [0.1, 0.15) is 31.1 Å². The molecule has 1 aromatic carbocycles. The van der Waals surface area contributed by atoms with Crippen molar-refractivity contribution in [2.24, 2.45) is 5.92 Å². The Labute approximate surface area is 101 Å². The standard InChI is InChI=1S/C13H16O4/c1-9(2)8-16-12-5-4-11(7-14)6-13(12)17-10(3)15/h4-7,9H,8H2,1-3H3. The predicted molar refractivity (Wildman–Crippen MR) is 63.5 cm³/mol. The van der Waals surface area contributed by atoms with E-state index in [1.807, 2.05) is 13.8 Å². The van der Waals surface area contributed by atoms with Gasteiger partial charge in [-0.15, -0.1) is 0 Å². The van der Waals surface area contributed by atoms with Gasteiger partial charge in [-0.3, -0.25) is 9.59 Å². The Morgan fingerprint density at radius 3 is 2.59 bits per heavy atom. The molecule has 0 radical (unpaired) electrons. The van der Waals surface area contributed by atoms with Crippen LogP contribution in [0.25, 0.3) is 0 Å². The Kier molecular flexibility index (Phi) is 4.69. The van der Waals surface area contributed by atoms with Crippen LogP contribution in [-0.4, -0.2) is 18.9 Å². The number of rotatable bonds is 5. The Hall–Kier alpha value is -1.84. The summed E-state index contributed by atoms with van der Waals surface area (Å²) >= 11 is 0. The second-order valence-electron chi connectivity index (χ2n) is 4.12. The van der Waals surface area contributed by atoms with E-state index in [1.165, 1.54) is 13.0 Å². The third kappa shape index (κ3) is 4.26. The molecular formula is C13H16O4. The Morgan fingerprint density at radius 1 is 1.35 bits per heavy atom. The zero-order valence-electron chi connectivity index (χ0n) is 10.2. The van der Waals surface area contributed by atoms with Gasteiger partial charge in [-0.05, 0) is 24.1 Å². The average molecular weight is 236 g/mol. The highest BCUT2D eigenvalue weighted by molar-refractivity contribution is 5.78.